The van der Waals surface area contributed by atoms with Gasteiger partial charge in [-0.2, -0.15) is 16.8 Å². The molecule has 4 saturated heterocycles. The van der Waals surface area contributed by atoms with Crippen LogP contribution < -0.4 is 25.4 Å². The van der Waals surface area contributed by atoms with E-state index in [-0.39, 0.29) is 49.0 Å². The van der Waals surface area contributed by atoms with Crippen molar-refractivity contribution in [2.45, 2.75) is 95.9 Å². The number of fused-ring (bicyclic) bond motifs is 4. The second-order valence-corrected chi connectivity index (χ2v) is 16.0. The molecule has 0 aliphatic carbocycles. The maximum absolute atomic E-state index is 14.3. The number of piperidine rings is 2. The smallest absolute Gasteiger partial charge is 0.410 e. The molecule has 4 aromatic rings. The van der Waals surface area contributed by atoms with Crippen molar-refractivity contribution in [3.63, 3.8) is 0 Å². The largest absolute Gasteiger partial charge is 0.474 e. The summed E-state index contributed by atoms with van der Waals surface area (Å²) in [4.78, 5) is 31.0. The van der Waals surface area contributed by atoms with Crippen LogP contribution in [0.2, 0.25) is 0 Å². The van der Waals surface area contributed by atoms with Crippen molar-refractivity contribution >= 4 is 52.2 Å². The highest BCUT2D eigenvalue weighted by Crippen LogP contribution is 2.34. The second kappa shape index (κ2) is 25.3. The Balaban J connectivity index is 0.000000227. The molecular weight excluding hydrogens is 917 g/mol. The molecule has 4 bridgehead atoms. The van der Waals surface area contributed by atoms with Crippen LogP contribution in [0.1, 0.15) is 47.9 Å². The number of nitrogens with zero attached hydrogens (tertiary/aromatic N) is 5. The van der Waals surface area contributed by atoms with Crippen LogP contribution in [0.4, 0.5) is 45.4 Å². The molecule has 4 aliphatic heterocycles. The summed E-state index contributed by atoms with van der Waals surface area (Å²) in [6, 6.07) is 9.86. The Labute approximate surface area is 385 Å². The minimum absolute atomic E-state index is 0.0905. The van der Waals surface area contributed by atoms with Gasteiger partial charge in [-0.1, -0.05) is 12.1 Å². The summed E-state index contributed by atoms with van der Waals surface area (Å²) in [5.41, 5.74) is 3.73. The molecule has 6 heterocycles. The van der Waals surface area contributed by atoms with E-state index in [1.54, 1.807) is 32.0 Å². The highest BCUT2D eigenvalue weighted by atomic mass is 32.1. The lowest BCUT2D eigenvalue weighted by atomic mass is 9.92. The molecule has 66 heavy (non-hydrogen) atoms. The fraction of sp³-hybridized carbons (Fsp3) is 0.500. The van der Waals surface area contributed by atoms with E-state index in [9.17, 15) is 22.4 Å². The van der Waals surface area contributed by atoms with Crippen LogP contribution in [0, 0.1) is 39.3 Å². The highest BCUT2D eigenvalue weighted by Gasteiger charge is 2.44. The Morgan fingerprint density at radius 3 is 1.56 bits per heavy atom. The van der Waals surface area contributed by atoms with E-state index in [0.717, 1.165) is 42.7 Å². The van der Waals surface area contributed by atoms with Crippen molar-refractivity contribution in [3.8, 4) is 11.8 Å². The lowest BCUT2D eigenvalue weighted by Gasteiger charge is -2.47. The van der Waals surface area contributed by atoms with Crippen LogP contribution >= 0.6 is 0 Å². The first-order chi connectivity index (χ1) is 31.8. The summed E-state index contributed by atoms with van der Waals surface area (Å²) < 4.78 is 116. The molecule has 2 aromatic heterocycles. The number of alkyl halides is 2. The SMILES string of the molecule is Cc1ccc(Nc2ncnc(OC3CC4COCC(C3)N4)c2C)c(F)c1.Cc1ccc(Nc2ncnc(OC3CC4COCC(C3)N4C(=O)OC(CF)CF)c2C)c(F)c1.O=S=O.O=S=O. The van der Waals surface area contributed by atoms with Gasteiger partial charge in [0.2, 0.25) is 11.8 Å². The van der Waals surface area contributed by atoms with Crippen LogP contribution in [0.25, 0.3) is 0 Å². The van der Waals surface area contributed by atoms with Crippen molar-refractivity contribution in [1.29, 1.82) is 0 Å². The van der Waals surface area contributed by atoms with Gasteiger partial charge in [0.15, 0.2) is 6.10 Å². The Morgan fingerprint density at radius 1 is 0.712 bits per heavy atom. The number of amides is 1. The zero-order valence-corrected chi connectivity index (χ0v) is 38.0. The molecule has 0 spiro atoms. The maximum Gasteiger partial charge on any atom is 0.410 e. The molecule has 24 heteroatoms. The third-order valence-corrected chi connectivity index (χ3v) is 10.9. The van der Waals surface area contributed by atoms with E-state index in [4.69, 9.17) is 40.5 Å². The number of hydrogen-bond acceptors (Lipinski definition) is 17. The average molecular weight is 967 g/mol. The van der Waals surface area contributed by atoms with Gasteiger partial charge in [-0.3, -0.25) is 4.90 Å². The van der Waals surface area contributed by atoms with Gasteiger partial charge in [0, 0.05) is 37.8 Å². The number of aromatic nitrogens is 4. The Morgan fingerprint density at radius 2 is 1.14 bits per heavy atom. The second-order valence-electron chi connectivity index (χ2n) is 15.7. The number of halogens is 4. The quantitative estimate of drug-likeness (QED) is 0.157. The Bertz CT molecular complexity index is 2290. The average Bonchev–Trinajstić information content (AvgIpc) is 3.27. The number of aryl methyl sites for hydroxylation is 2. The van der Waals surface area contributed by atoms with Gasteiger partial charge in [-0.05, 0) is 63.1 Å². The molecule has 0 saturated carbocycles. The summed E-state index contributed by atoms with van der Waals surface area (Å²) in [6.45, 7) is 7.13. The number of nitrogens with one attached hydrogen (secondary N) is 3. The number of hydrogen-bond donors (Lipinski definition) is 3. The molecule has 3 N–H and O–H groups in total. The third kappa shape index (κ3) is 14.2. The molecule has 4 fully saturated rings. The lowest BCUT2D eigenvalue weighted by molar-refractivity contribution is -0.0965. The van der Waals surface area contributed by atoms with Gasteiger partial charge in [-0.25, -0.2) is 42.3 Å². The van der Waals surface area contributed by atoms with Gasteiger partial charge in [0.1, 0.15) is 61.5 Å². The fourth-order valence-electron chi connectivity index (χ4n) is 7.82. The number of anilines is 4. The molecule has 0 radical (unpaired) electrons. The van der Waals surface area contributed by atoms with Gasteiger partial charge in [0.05, 0.1) is 61.0 Å². The van der Waals surface area contributed by atoms with E-state index in [1.807, 2.05) is 19.9 Å². The van der Waals surface area contributed by atoms with Crippen molar-refractivity contribution in [1.82, 2.24) is 30.2 Å². The first kappa shape index (κ1) is 51.3. The molecule has 2 aromatic carbocycles. The molecule has 18 nitrogen and oxygen atoms in total. The standard InChI is InChI=1S/C23H27F3N4O4.C19H23FN4O2.2O2S/c1-13-3-4-20(19(26)5-13)29-21-14(2)22(28-12-27-21)33-17-6-15-10-32-11-16(7-17)30(15)23(31)34-18(8-24)9-25;1-11-3-4-17(16(20)5-11)24-18-12(2)19(22-10-21-18)26-15-6-13-8-25-9-14(7-15)23-13;2*1-3-2/h3-5,12,15-18H,6-11H2,1-2H3,(H,27,28,29);3-5,10,13-15,23H,6-9H2,1-2H3,(H,21,22,24);;. The van der Waals surface area contributed by atoms with Crippen LogP contribution in [0.15, 0.2) is 49.1 Å². The van der Waals surface area contributed by atoms with E-state index >= 15 is 0 Å². The number of ether oxygens (including phenoxy) is 5. The minimum atomic E-state index is -1.41. The van der Waals surface area contributed by atoms with Gasteiger partial charge in [-0.15, -0.1) is 0 Å². The van der Waals surface area contributed by atoms with Crippen molar-refractivity contribution in [2.24, 2.45) is 0 Å². The topological polar surface area (TPSA) is 222 Å². The Hall–Kier alpha value is -5.69. The van der Waals surface area contributed by atoms with Crippen molar-refractivity contribution < 1.29 is 62.9 Å². The van der Waals surface area contributed by atoms with E-state index in [0.29, 0.717) is 59.6 Å². The molecular formula is C42H50F4N8O10S2. The first-order valence-electron chi connectivity index (χ1n) is 20.7. The highest BCUT2D eigenvalue weighted by molar-refractivity contribution is 7.51. The number of morpholine rings is 2. The zero-order chi connectivity index (χ0) is 47.8. The van der Waals surface area contributed by atoms with Gasteiger partial charge < -0.3 is 39.6 Å². The maximum atomic E-state index is 14.3. The van der Waals surface area contributed by atoms with Crippen molar-refractivity contribution in [3.05, 3.63) is 82.9 Å². The molecule has 1 amide bonds. The number of benzene rings is 2. The number of carbonyl (C=O) groups excluding carboxylic acids is 1. The Kier molecular flexibility index (Phi) is 19.6. The van der Waals surface area contributed by atoms with E-state index in [1.165, 1.54) is 29.7 Å². The lowest BCUT2D eigenvalue weighted by Crippen LogP contribution is -2.61. The fourth-order valence-corrected chi connectivity index (χ4v) is 7.82. The third-order valence-electron chi connectivity index (χ3n) is 10.9. The molecule has 4 aliphatic rings. The van der Waals surface area contributed by atoms with Crippen LogP contribution in [-0.4, -0.2) is 130 Å². The molecule has 4 unspecified atom stereocenters. The van der Waals surface area contributed by atoms with Crippen LogP contribution in [-0.2, 0) is 37.4 Å². The van der Waals surface area contributed by atoms with E-state index < -0.39 is 54.5 Å². The summed E-state index contributed by atoms with van der Waals surface area (Å²) in [5, 5.41) is 9.57. The van der Waals surface area contributed by atoms with Gasteiger partial charge >= 0.3 is 29.2 Å². The number of rotatable bonds is 11. The van der Waals surface area contributed by atoms with E-state index in [2.05, 4.69) is 35.9 Å². The summed E-state index contributed by atoms with van der Waals surface area (Å²) >= 11 is -1.50. The van der Waals surface area contributed by atoms with Crippen molar-refractivity contribution in [2.75, 3.05) is 50.4 Å². The molecule has 358 valence electrons. The van der Waals surface area contributed by atoms with Gasteiger partial charge in [0.25, 0.3) is 0 Å². The zero-order valence-electron chi connectivity index (χ0n) is 36.4. The molecule has 4 atom stereocenters. The monoisotopic (exact) mass is 966 g/mol. The summed E-state index contributed by atoms with van der Waals surface area (Å²) in [7, 11) is 0. The molecule has 8 rings (SSSR count). The predicted octanol–water partition coefficient (Wildman–Crippen LogP) is 5.56. The number of carbonyl (C=O) groups is 1. The first-order valence-corrected chi connectivity index (χ1v) is 22.0. The summed E-state index contributed by atoms with van der Waals surface area (Å²) in [6.07, 6.45) is 3.07. The predicted molar refractivity (Wildman–Crippen MR) is 232 cm³/mol. The minimum Gasteiger partial charge on any atom is -0.474 e. The van der Waals surface area contributed by atoms with Crippen LogP contribution in [0.5, 0.6) is 11.8 Å². The normalized spacial score (nSPS) is 21.5. The summed E-state index contributed by atoms with van der Waals surface area (Å²) in [5.74, 6) is 1.16. The van der Waals surface area contributed by atoms with Crippen LogP contribution in [0.3, 0.4) is 0 Å².